The number of likely N-dealkylation sites (tertiary alicyclic amines) is 1. The van der Waals surface area contributed by atoms with E-state index >= 15 is 0 Å². The zero-order valence-corrected chi connectivity index (χ0v) is 11.5. The summed E-state index contributed by atoms with van der Waals surface area (Å²) in [5.41, 5.74) is 0.0113. The molecule has 3 heteroatoms. The minimum Gasteiger partial charge on any atom is -0.337 e. The van der Waals surface area contributed by atoms with Crippen LogP contribution in [-0.2, 0) is 4.79 Å². The second-order valence-electron chi connectivity index (χ2n) is 6.09. The number of carbonyl (C=O) groups excluding carboxylic acids is 1. The molecular weight excluding hydrogens is 224 g/mol. The van der Waals surface area contributed by atoms with Crippen LogP contribution in [0.25, 0.3) is 0 Å². The fourth-order valence-electron chi connectivity index (χ4n) is 3.48. The van der Waals surface area contributed by atoms with Crippen molar-refractivity contribution in [1.82, 2.24) is 10.2 Å². The molecule has 1 N–H and O–H groups in total. The second-order valence-corrected chi connectivity index (χ2v) is 6.09. The Balaban J connectivity index is 1.89. The van der Waals surface area contributed by atoms with Gasteiger partial charge in [0.1, 0.15) is 0 Å². The first-order chi connectivity index (χ1) is 8.57. The Morgan fingerprint density at radius 3 is 2.89 bits per heavy atom. The summed E-state index contributed by atoms with van der Waals surface area (Å²) in [6, 6.07) is 0. The zero-order valence-electron chi connectivity index (χ0n) is 11.5. The summed E-state index contributed by atoms with van der Waals surface area (Å²) in [4.78, 5) is 14.4. The molecule has 0 saturated carbocycles. The standard InChI is InChI=1S/C15H24N2O/c1-4-5-6-7-8-14(18)17-11-12-9-16-10-13(12)15(17,2)3/h1,12-13,16H,5-11H2,2-3H3. The van der Waals surface area contributed by atoms with Crippen molar-refractivity contribution in [3.8, 4) is 12.3 Å². The molecule has 0 aromatic carbocycles. The lowest BCUT2D eigenvalue weighted by Gasteiger charge is -2.35. The van der Waals surface area contributed by atoms with Gasteiger partial charge in [-0.05, 0) is 38.5 Å². The fourth-order valence-corrected chi connectivity index (χ4v) is 3.48. The molecule has 0 aromatic rings. The van der Waals surface area contributed by atoms with E-state index in [1.807, 2.05) is 0 Å². The van der Waals surface area contributed by atoms with Gasteiger partial charge in [0, 0.05) is 38.0 Å². The van der Waals surface area contributed by atoms with E-state index in [4.69, 9.17) is 6.42 Å². The number of unbranched alkanes of at least 4 members (excludes halogenated alkanes) is 2. The summed E-state index contributed by atoms with van der Waals surface area (Å²) < 4.78 is 0. The molecule has 2 atom stereocenters. The minimum atomic E-state index is 0.0113. The van der Waals surface area contributed by atoms with Gasteiger partial charge in [0.15, 0.2) is 0 Å². The van der Waals surface area contributed by atoms with Crippen molar-refractivity contribution in [3.05, 3.63) is 0 Å². The molecule has 100 valence electrons. The minimum absolute atomic E-state index is 0.0113. The predicted octanol–water partition coefficient (Wildman–Crippen LogP) is 1.64. The maximum atomic E-state index is 12.3. The Labute approximate surface area is 110 Å². The Morgan fingerprint density at radius 2 is 2.22 bits per heavy atom. The van der Waals surface area contributed by atoms with Crippen molar-refractivity contribution in [1.29, 1.82) is 0 Å². The molecule has 0 spiro atoms. The SMILES string of the molecule is C#CCCCCC(=O)N1CC2CNCC2C1(C)C. The molecule has 2 rings (SSSR count). The van der Waals surface area contributed by atoms with E-state index < -0.39 is 0 Å². The molecule has 2 aliphatic heterocycles. The highest BCUT2D eigenvalue weighted by Crippen LogP contribution is 2.40. The van der Waals surface area contributed by atoms with Gasteiger partial charge in [-0.1, -0.05) is 0 Å². The lowest BCUT2D eigenvalue weighted by Crippen LogP contribution is -2.47. The van der Waals surface area contributed by atoms with Gasteiger partial charge in [-0.3, -0.25) is 4.79 Å². The van der Waals surface area contributed by atoms with E-state index in [0.29, 0.717) is 24.2 Å². The topological polar surface area (TPSA) is 32.3 Å². The smallest absolute Gasteiger partial charge is 0.223 e. The third-order valence-electron chi connectivity index (χ3n) is 4.62. The van der Waals surface area contributed by atoms with Crippen LogP contribution in [-0.4, -0.2) is 36.0 Å². The van der Waals surface area contributed by atoms with E-state index in [-0.39, 0.29) is 5.54 Å². The molecule has 2 fully saturated rings. The van der Waals surface area contributed by atoms with E-state index in [2.05, 4.69) is 30.0 Å². The monoisotopic (exact) mass is 248 g/mol. The summed E-state index contributed by atoms with van der Waals surface area (Å²) in [6.45, 7) is 7.47. The molecule has 0 bridgehead atoms. The van der Waals surface area contributed by atoms with E-state index in [0.717, 1.165) is 38.9 Å². The van der Waals surface area contributed by atoms with Crippen LogP contribution in [0.3, 0.4) is 0 Å². The van der Waals surface area contributed by atoms with Crippen LogP contribution in [0.4, 0.5) is 0 Å². The number of carbonyl (C=O) groups is 1. The molecule has 2 unspecified atom stereocenters. The van der Waals surface area contributed by atoms with Crippen LogP contribution in [0.15, 0.2) is 0 Å². The third-order valence-corrected chi connectivity index (χ3v) is 4.62. The molecule has 2 saturated heterocycles. The van der Waals surface area contributed by atoms with Crippen LogP contribution in [0, 0.1) is 24.2 Å². The molecule has 1 amide bonds. The fraction of sp³-hybridized carbons (Fsp3) is 0.800. The second kappa shape index (κ2) is 5.32. The van der Waals surface area contributed by atoms with Crippen LogP contribution in [0.5, 0.6) is 0 Å². The number of rotatable bonds is 4. The summed E-state index contributed by atoms with van der Waals surface area (Å²) in [5.74, 6) is 4.20. The lowest BCUT2D eigenvalue weighted by molar-refractivity contribution is -0.135. The largest absolute Gasteiger partial charge is 0.337 e. The Bertz CT molecular complexity index is 356. The molecular formula is C15H24N2O. The van der Waals surface area contributed by atoms with Gasteiger partial charge >= 0.3 is 0 Å². The third kappa shape index (κ3) is 2.40. The van der Waals surface area contributed by atoms with Gasteiger partial charge in [0.25, 0.3) is 0 Å². The van der Waals surface area contributed by atoms with Crippen molar-refractivity contribution in [3.63, 3.8) is 0 Å². The number of nitrogens with zero attached hydrogens (tertiary/aromatic N) is 1. The number of terminal acetylenes is 1. The molecule has 2 heterocycles. The molecule has 18 heavy (non-hydrogen) atoms. The van der Waals surface area contributed by atoms with E-state index in [1.54, 1.807) is 0 Å². The Morgan fingerprint density at radius 1 is 1.44 bits per heavy atom. The first-order valence-electron chi connectivity index (χ1n) is 7.02. The van der Waals surface area contributed by atoms with Gasteiger partial charge in [-0.25, -0.2) is 0 Å². The van der Waals surface area contributed by atoms with Crippen molar-refractivity contribution < 1.29 is 4.79 Å². The first kappa shape index (κ1) is 13.4. The first-order valence-corrected chi connectivity index (χ1v) is 7.02. The number of hydrogen-bond acceptors (Lipinski definition) is 2. The van der Waals surface area contributed by atoms with Gasteiger partial charge in [-0.2, -0.15) is 0 Å². The van der Waals surface area contributed by atoms with Crippen LogP contribution >= 0.6 is 0 Å². The summed E-state index contributed by atoms with van der Waals surface area (Å²) in [6.07, 6.45) is 8.54. The normalized spacial score (nSPS) is 29.1. The Hall–Kier alpha value is -1.01. The molecule has 0 aromatic heterocycles. The maximum Gasteiger partial charge on any atom is 0.223 e. The maximum absolute atomic E-state index is 12.3. The zero-order chi connectivity index (χ0) is 13.2. The van der Waals surface area contributed by atoms with Crippen molar-refractivity contribution >= 4 is 5.91 Å². The molecule has 3 nitrogen and oxygen atoms in total. The van der Waals surface area contributed by atoms with Gasteiger partial charge in [-0.15, -0.1) is 12.3 Å². The highest BCUT2D eigenvalue weighted by molar-refractivity contribution is 5.77. The highest BCUT2D eigenvalue weighted by Gasteiger charge is 2.50. The molecule has 2 aliphatic rings. The van der Waals surface area contributed by atoms with Crippen LogP contribution in [0.1, 0.15) is 39.5 Å². The van der Waals surface area contributed by atoms with Crippen molar-refractivity contribution in [2.24, 2.45) is 11.8 Å². The van der Waals surface area contributed by atoms with E-state index in [1.165, 1.54) is 0 Å². The number of nitrogens with one attached hydrogen (secondary N) is 1. The van der Waals surface area contributed by atoms with Crippen molar-refractivity contribution in [2.75, 3.05) is 19.6 Å². The van der Waals surface area contributed by atoms with Crippen LogP contribution in [0.2, 0.25) is 0 Å². The Kier molecular flexibility index (Phi) is 3.97. The quantitative estimate of drug-likeness (QED) is 0.606. The summed E-state index contributed by atoms with van der Waals surface area (Å²) in [5, 5.41) is 3.44. The summed E-state index contributed by atoms with van der Waals surface area (Å²) >= 11 is 0. The van der Waals surface area contributed by atoms with Crippen LogP contribution < -0.4 is 5.32 Å². The average Bonchev–Trinajstić information content (AvgIpc) is 2.87. The van der Waals surface area contributed by atoms with Gasteiger partial charge in [0.2, 0.25) is 5.91 Å². The van der Waals surface area contributed by atoms with E-state index in [9.17, 15) is 4.79 Å². The van der Waals surface area contributed by atoms with Crippen molar-refractivity contribution in [2.45, 2.75) is 45.1 Å². The van der Waals surface area contributed by atoms with Gasteiger partial charge in [0.05, 0.1) is 0 Å². The summed E-state index contributed by atoms with van der Waals surface area (Å²) in [7, 11) is 0. The lowest BCUT2D eigenvalue weighted by atomic mass is 9.85. The molecule has 0 aliphatic carbocycles. The number of fused-ring (bicyclic) bond motifs is 1. The predicted molar refractivity (Wildman–Crippen MR) is 72.9 cm³/mol. The number of hydrogen-bond donors (Lipinski definition) is 1. The average molecular weight is 248 g/mol. The van der Waals surface area contributed by atoms with Gasteiger partial charge < -0.3 is 10.2 Å². The highest BCUT2D eigenvalue weighted by atomic mass is 16.2. The number of amides is 1. The molecule has 0 radical (unpaired) electrons.